The number of nitrogens with one attached hydrogen (secondary N) is 2. The van der Waals surface area contributed by atoms with E-state index < -0.39 is 5.91 Å². The van der Waals surface area contributed by atoms with E-state index in [1.807, 2.05) is 0 Å². The van der Waals surface area contributed by atoms with E-state index in [1.165, 1.54) is 14.2 Å². The number of methoxy groups -OCH3 is 2. The zero-order chi connectivity index (χ0) is 18.9. The van der Waals surface area contributed by atoms with Gasteiger partial charge in [0.15, 0.2) is 11.5 Å². The van der Waals surface area contributed by atoms with Crippen LogP contribution in [0.3, 0.4) is 0 Å². The van der Waals surface area contributed by atoms with E-state index in [1.54, 1.807) is 49.6 Å². The molecule has 136 valence electrons. The van der Waals surface area contributed by atoms with Crippen molar-refractivity contribution in [2.75, 3.05) is 19.5 Å². The molecule has 2 amide bonds. The van der Waals surface area contributed by atoms with Crippen LogP contribution in [0.4, 0.5) is 5.69 Å². The largest absolute Gasteiger partial charge is 0.493 e. The lowest BCUT2D eigenvalue weighted by molar-refractivity contribution is -0.115. The molecule has 0 radical (unpaired) electrons. The Morgan fingerprint density at radius 2 is 1.92 bits per heavy atom. The third kappa shape index (κ3) is 5.30. The summed E-state index contributed by atoms with van der Waals surface area (Å²) in [5.74, 6) is 0.296. The number of pyridine rings is 1. The molecule has 0 bridgehead atoms. The Bertz CT molecular complexity index is 806. The summed E-state index contributed by atoms with van der Waals surface area (Å²) in [6.45, 7) is 1.65. The number of rotatable bonds is 7. The van der Waals surface area contributed by atoms with E-state index in [-0.39, 0.29) is 12.3 Å². The second-order valence-electron chi connectivity index (χ2n) is 5.32. The number of benzene rings is 1. The lowest BCUT2D eigenvalue weighted by Gasteiger charge is -2.09. The second-order valence-corrected chi connectivity index (χ2v) is 5.32. The van der Waals surface area contributed by atoms with Gasteiger partial charge >= 0.3 is 0 Å². The Hall–Kier alpha value is -3.42. The molecule has 26 heavy (non-hydrogen) atoms. The van der Waals surface area contributed by atoms with Crippen molar-refractivity contribution in [2.45, 2.75) is 13.3 Å². The zero-order valence-corrected chi connectivity index (χ0v) is 14.8. The fourth-order valence-corrected chi connectivity index (χ4v) is 2.10. The normalized spacial score (nSPS) is 10.8. The fourth-order valence-electron chi connectivity index (χ4n) is 2.10. The molecule has 0 aliphatic carbocycles. The summed E-state index contributed by atoms with van der Waals surface area (Å²) in [5.41, 5.74) is 3.83. The van der Waals surface area contributed by atoms with E-state index in [4.69, 9.17) is 9.47 Å². The summed E-state index contributed by atoms with van der Waals surface area (Å²) in [4.78, 5) is 28.0. The first kappa shape index (κ1) is 18.9. The van der Waals surface area contributed by atoms with Crippen molar-refractivity contribution in [3.63, 3.8) is 0 Å². The van der Waals surface area contributed by atoms with Gasteiger partial charge in [-0.3, -0.25) is 14.6 Å². The number of aromatic nitrogens is 1. The molecule has 0 fully saturated rings. The van der Waals surface area contributed by atoms with Crippen molar-refractivity contribution in [1.82, 2.24) is 10.4 Å². The van der Waals surface area contributed by atoms with Crippen LogP contribution in [0.15, 0.2) is 47.8 Å². The number of carbonyl (C=O) groups excluding carboxylic acids is 2. The molecule has 8 heteroatoms. The van der Waals surface area contributed by atoms with Crippen LogP contribution in [0.1, 0.15) is 23.7 Å². The van der Waals surface area contributed by atoms with Gasteiger partial charge in [-0.2, -0.15) is 5.10 Å². The smallest absolute Gasteiger partial charge is 0.271 e. The first-order valence-corrected chi connectivity index (χ1v) is 7.79. The highest BCUT2D eigenvalue weighted by Crippen LogP contribution is 2.27. The van der Waals surface area contributed by atoms with Gasteiger partial charge in [-0.25, -0.2) is 5.43 Å². The molecule has 0 saturated heterocycles. The maximum absolute atomic E-state index is 12.2. The molecule has 0 spiro atoms. The predicted molar refractivity (Wildman–Crippen MR) is 97.6 cm³/mol. The van der Waals surface area contributed by atoms with Crippen molar-refractivity contribution in [2.24, 2.45) is 5.10 Å². The third-order valence-electron chi connectivity index (χ3n) is 3.36. The second kappa shape index (κ2) is 9.16. The summed E-state index contributed by atoms with van der Waals surface area (Å²) in [7, 11) is 3.00. The third-order valence-corrected chi connectivity index (χ3v) is 3.36. The molecule has 0 aliphatic heterocycles. The highest BCUT2D eigenvalue weighted by atomic mass is 16.5. The molecule has 1 aromatic carbocycles. The Kier molecular flexibility index (Phi) is 6.67. The maximum Gasteiger partial charge on any atom is 0.271 e. The molecule has 0 saturated carbocycles. The molecule has 1 aromatic heterocycles. The summed E-state index contributed by atoms with van der Waals surface area (Å²) < 4.78 is 10.3. The molecule has 8 nitrogen and oxygen atoms in total. The van der Waals surface area contributed by atoms with Crippen LogP contribution in [0, 0.1) is 0 Å². The van der Waals surface area contributed by atoms with Gasteiger partial charge in [0.05, 0.1) is 32.5 Å². The number of amides is 2. The lowest BCUT2D eigenvalue weighted by atomic mass is 10.2. The Balaban J connectivity index is 1.93. The number of hydrazone groups is 1. The molecule has 0 unspecified atom stereocenters. The number of nitrogens with zero attached hydrogens (tertiary/aromatic N) is 2. The highest BCUT2D eigenvalue weighted by molar-refractivity contribution is 6.06. The standard InChI is InChI=1S/C18H20N4O4/c1-12(9-17(23)20-14-5-4-8-19-11-14)21-22-18(24)13-6-7-15(25-2)16(10-13)26-3/h4-8,10-11H,9H2,1-3H3,(H,20,23)(H,22,24)/b21-12-. The fraction of sp³-hybridized carbons (Fsp3) is 0.222. The molecular weight excluding hydrogens is 336 g/mol. The van der Waals surface area contributed by atoms with Gasteiger partial charge in [0, 0.05) is 17.5 Å². The minimum atomic E-state index is -0.419. The molecule has 1 heterocycles. The van der Waals surface area contributed by atoms with E-state index in [9.17, 15) is 9.59 Å². The first-order valence-electron chi connectivity index (χ1n) is 7.79. The Labute approximate surface area is 151 Å². The predicted octanol–water partition coefficient (Wildman–Crippen LogP) is 2.23. The summed E-state index contributed by atoms with van der Waals surface area (Å²) in [6.07, 6.45) is 3.20. The van der Waals surface area contributed by atoms with Crippen LogP contribution in [0.25, 0.3) is 0 Å². The average molecular weight is 356 g/mol. The van der Waals surface area contributed by atoms with Crippen LogP contribution in [-0.2, 0) is 4.79 Å². The lowest BCUT2D eigenvalue weighted by Crippen LogP contribution is -2.21. The Morgan fingerprint density at radius 3 is 2.58 bits per heavy atom. The first-order chi connectivity index (χ1) is 12.5. The molecule has 0 aliphatic rings. The highest BCUT2D eigenvalue weighted by Gasteiger charge is 2.11. The minimum Gasteiger partial charge on any atom is -0.493 e. The van der Waals surface area contributed by atoms with Gasteiger partial charge in [-0.1, -0.05) is 0 Å². The van der Waals surface area contributed by atoms with E-state index >= 15 is 0 Å². The summed E-state index contributed by atoms with van der Waals surface area (Å²) >= 11 is 0. The molecule has 2 rings (SSSR count). The maximum atomic E-state index is 12.2. The zero-order valence-electron chi connectivity index (χ0n) is 14.8. The molecular formula is C18H20N4O4. The Morgan fingerprint density at radius 1 is 1.15 bits per heavy atom. The monoisotopic (exact) mass is 356 g/mol. The number of anilines is 1. The molecule has 0 atom stereocenters. The van der Waals surface area contributed by atoms with Crippen molar-refractivity contribution in [3.05, 3.63) is 48.3 Å². The number of hydrogen-bond donors (Lipinski definition) is 2. The van der Waals surface area contributed by atoms with Crippen LogP contribution in [0.2, 0.25) is 0 Å². The number of ether oxygens (including phenoxy) is 2. The van der Waals surface area contributed by atoms with E-state index in [2.05, 4.69) is 20.8 Å². The SMILES string of the molecule is COc1ccc(C(=O)N/N=C(/C)CC(=O)Nc2cccnc2)cc1OC. The quantitative estimate of drug-likeness (QED) is 0.585. The molecule has 2 aromatic rings. The van der Waals surface area contributed by atoms with Crippen molar-refractivity contribution in [3.8, 4) is 11.5 Å². The average Bonchev–Trinajstić information content (AvgIpc) is 2.66. The van der Waals surface area contributed by atoms with Crippen LogP contribution in [-0.4, -0.2) is 36.7 Å². The number of hydrogen-bond acceptors (Lipinski definition) is 6. The van der Waals surface area contributed by atoms with Gasteiger partial charge in [-0.05, 0) is 37.3 Å². The van der Waals surface area contributed by atoms with Crippen LogP contribution < -0.4 is 20.2 Å². The molecule has 2 N–H and O–H groups in total. The number of carbonyl (C=O) groups is 2. The summed E-state index contributed by atoms with van der Waals surface area (Å²) in [6, 6.07) is 8.23. The topological polar surface area (TPSA) is 102 Å². The van der Waals surface area contributed by atoms with Gasteiger partial charge in [0.1, 0.15) is 0 Å². The van der Waals surface area contributed by atoms with E-state index in [0.29, 0.717) is 28.5 Å². The van der Waals surface area contributed by atoms with Crippen LogP contribution >= 0.6 is 0 Å². The van der Waals surface area contributed by atoms with Gasteiger partial charge in [-0.15, -0.1) is 0 Å². The van der Waals surface area contributed by atoms with Crippen molar-refractivity contribution in [1.29, 1.82) is 0 Å². The van der Waals surface area contributed by atoms with Crippen molar-refractivity contribution >= 4 is 23.2 Å². The van der Waals surface area contributed by atoms with E-state index in [0.717, 1.165) is 0 Å². The van der Waals surface area contributed by atoms with Gasteiger partial charge < -0.3 is 14.8 Å². The van der Waals surface area contributed by atoms with Crippen LogP contribution in [0.5, 0.6) is 11.5 Å². The minimum absolute atomic E-state index is 0.0428. The van der Waals surface area contributed by atoms with Crippen molar-refractivity contribution < 1.29 is 19.1 Å². The van der Waals surface area contributed by atoms with Gasteiger partial charge in [0.25, 0.3) is 5.91 Å². The van der Waals surface area contributed by atoms with Gasteiger partial charge in [0.2, 0.25) is 5.91 Å². The summed E-state index contributed by atoms with van der Waals surface area (Å²) in [5, 5.41) is 6.64.